The fourth-order valence-electron chi connectivity index (χ4n) is 2.47. The molecule has 5 nitrogen and oxygen atoms in total. The summed E-state index contributed by atoms with van der Waals surface area (Å²) in [5.41, 5.74) is 0.520. The number of rotatable bonds is 2. The van der Waals surface area contributed by atoms with Crippen molar-refractivity contribution in [1.82, 2.24) is 15.0 Å². The zero-order chi connectivity index (χ0) is 12.7. The molecule has 94 valence electrons. The molecule has 17 heavy (non-hydrogen) atoms. The average molecular weight is 302 g/mol. The number of carbonyl (C=O) groups excluding carboxylic acids is 1. The lowest BCUT2D eigenvalue weighted by Crippen LogP contribution is -2.28. The molecule has 0 radical (unpaired) electrons. The maximum atomic E-state index is 12.5. The molecule has 4 atom stereocenters. The van der Waals surface area contributed by atoms with Gasteiger partial charge in [-0.3, -0.25) is 4.79 Å². The lowest BCUT2D eigenvalue weighted by atomic mass is 9.85. The lowest BCUT2D eigenvalue weighted by Gasteiger charge is -2.16. The Bertz CT molecular complexity index is 426. The molecule has 0 spiro atoms. The summed E-state index contributed by atoms with van der Waals surface area (Å²) in [6.07, 6.45) is 0.0493. The van der Waals surface area contributed by atoms with E-state index in [-0.39, 0.29) is 29.8 Å². The van der Waals surface area contributed by atoms with Crippen LogP contribution in [0.15, 0.2) is 4.60 Å². The van der Waals surface area contributed by atoms with Gasteiger partial charge in [0, 0.05) is 7.05 Å². The van der Waals surface area contributed by atoms with E-state index in [9.17, 15) is 4.79 Å². The number of halogens is 1. The van der Waals surface area contributed by atoms with Crippen molar-refractivity contribution < 1.29 is 9.53 Å². The van der Waals surface area contributed by atoms with Crippen molar-refractivity contribution >= 4 is 21.7 Å². The number of hydrogen-bond donors (Lipinski definition) is 0. The number of carbonyl (C=O) groups is 1. The van der Waals surface area contributed by atoms with Gasteiger partial charge in [0.1, 0.15) is 5.69 Å². The van der Waals surface area contributed by atoms with Crippen LogP contribution in [0.3, 0.4) is 0 Å². The van der Waals surface area contributed by atoms with Gasteiger partial charge in [0.15, 0.2) is 10.4 Å². The second-order valence-corrected chi connectivity index (χ2v) is 5.40. The van der Waals surface area contributed by atoms with E-state index in [0.717, 1.165) is 0 Å². The Kier molecular flexibility index (Phi) is 3.36. The molecule has 1 aliphatic heterocycles. The van der Waals surface area contributed by atoms with Crippen molar-refractivity contribution in [3.8, 4) is 0 Å². The minimum Gasteiger partial charge on any atom is -0.374 e. The fourth-order valence-corrected chi connectivity index (χ4v) is 2.99. The van der Waals surface area contributed by atoms with Crippen LogP contribution in [0.1, 0.15) is 31.3 Å². The topological polar surface area (TPSA) is 57.0 Å². The van der Waals surface area contributed by atoms with E-state index in [2.05, 4.69) is 33.2 Å². The van der Waals surface area contributed by atoms with Crippen LogP contribution in [0.2, 0.25) is 0 Å². The van der Waals surface area contributed by atoms with Crippen molar-refractivity contribution in [3.05, 3.63) is 10.3 Å². The van der Waals surface area contributed by atoms with Crippen molar-refractivity contribution in [2.75, 3.05) is 0 Å². The fraction of sp³-hybridized carbons (Fsp3) is 0.727. The van der Waals surface area contributed by atoms with Gasteiger partial charge in [0.05, 0.1) is 18.1 Å². The van der Waals surface area contributed by atoms with Crippen molar-refractivity contribution in [3.63, 3.8) is 0 Å². The molecule has 0 aliphatic carbocycles. The molecule has 6 heteroatoms. The molecule has 2 rings (SSSR count). The van der Waals surface area contributed by atoms with E-state index in [1.807, 2.05) is 13.8 Å². The van der Waals surface area contributed by atoms with Crippen LogP contribution in [-0.2, 0) is 11.8 Å². The number of aryl methyl sites for hydroxylation is 1. The molecule has 1 fully saturated rings. The zero-order valence-corrected chi connectivity index (χ0v) is 11.9. The van der Waals surface area contributed by atoms with Crippen molar-refractivity contribution in [2.45, 2.75) is 33.0 Å². The Labute approximate surface area is 109 Å². The molecular formula is C11H16BrN3O2. The Morgan fingerprint density at radius 3 is 2.41 bits per heavy atom. The minimum absolute atomic E-state index is 0.0497. The molecule has 0 bridgehead atoms. The predicted molar refractivity (Wildman–Crippen MR) is 65.7 cm³/mol. The first kappa shape index (κ1) is 12.7. The van der Waals surface area contributed by atoms with Gasteiger partial charge in [0.25, 0.3) is 0 Å². The molecule has 2 heterocycles. The smallest absolute Gasteiger partial charge is 0.189 e. The quantitative estimate of drug-likeness (QED) is 0.782. The largest absolute Gasteiger partial charge is 0.374 e. The number of ketones is 1. The van der Waals surface area contributed by atoms with Crippen molar-refractivity contribution in [1.29, 1.82) is 0 Å². The molecule has 0 aromatic carbocycles. The summed E-state index contributed by atoms with van der Waals surface area (Å²) >= 11 is 3.26. The first-order valence-electron chi connectivity index (χ1n) is 5.68. The first-order valence-corrected chi connectivity index (χ1v) is 6.47. The SMILES string of the molecule is CC1OC(C)C(C(=O)c2c(Br)nnn2C)C1C. The molecule has 4 unspecified atom stereocenters. The highest BCUT2D eigenvalue weighted by Gasteiger charge is 2.43. The van der Waals surface area contributed by atoms with E-state index in [4.69, 9.17) is 4.74 Å². The summed E-state index contributed by atoms with van der Waals surface area (Å²) in [7, 11) is 1.72. The van der Waals surface area contributed by atoms with E-state index < -0.39 is 0 Å². The van der Waals surface area contributed by atoms with Gasteiger partial charge in [-0.25, -0.2) is 4.68 Å². The first-order chi connectivity index (χ1) is 7.93. The van der Waals surface area contributed by atoms with Gasteiger partial charge in [-0.2, -0.15) is 0 Å². The van der Waals surface area contributed by atoms with Crippen LogP contribution in [-0.4, -0.2) is 33.0 Å². The number of ether oxygens (including phenoxy) is 1. The highest BCUT2D eigenvalue weighted by atomic mass is 79.9. The van der Waals surface area contributed by atoms with Gasteiger partial charge in [-0.1, -0.05) is 12.1 Å². The van der Waals surface area contributed by atoms with E-state index in [0.29, 0.717) is 10.3 Å². The van der Waals surface area contributed by atoms with Crippen LogP contribution in [0, 0.1) is 11.8 Å². The molecule has 0 saturated carbocycles. The highest BCUT2D eigenvalue weighted by molar-refractivity contribution is 9.10. The summed E-state index contributed by atoms with van der Waals surface area (Å²) in [5, 5.41) is 7.68. The summed E-state index contributed by atoms with van der Waals surface area (Å²) in [4.78, 5) is 12.5. The maximum Gasteiger partial charge on any atom is 0.189 e. The lowest BCUT2D eigenvalue weighted by molar-refractivity contribution is 0.0489. The summed E-state index contributed by atoms with van der Waals surface area (Å²) in [6.45, 7) is 6.00. The van der Waals surface area contributed by atoms with Gasteiger partial charge in [-0.05, 0) is 35.7 Å². The zero-order valence-electron chi connectivity index (χ0n) is 10.3. The normalized spacial score (nSPS) is 33.0. The Morgan fingerprint density at radius 2 is 2.00 bits per heavy atom. The summed E-state index contributed by atoms with van der Waals surface area (Å²) < 4.78 is 7.71. The molecule has 1 saturated heterocycles. The third-order valence-electron chi connectivity index (χ3n) is 3.56. The van der Waals surface area contributed by atoms with Gasteiger partial charge in [0.2, 0.25) is 0 Å². The standard InChI is InChI=1S/C11H16BrN3O2/c1-5-6(2)17-7(3)8(5)10(16)9-11(12)13-14-15(9)4/h5-8H,1-4H3. The third-order valence-corrected chi connectivity index (χ3v) is 4.10. The van der Waals surface area contributed by atoms with Gasteiger partial charge in [-0.15, -0.1) is 5.10 Å². The number of hydrogen-bond acceptors (Lipinski definition) is 4. The molecule has 1 aromatic heterocycles. The number of Topliss-reactive ketones (excluding diaryl/α,β-unsaturated/α-hetero) is 1. The molecule has 1 aromatic rings. The van der Waals surface area contributed by atoms with E-state index in [1.54, 1.807) is 7.05 Å². The molecule has 1 aliphatic rings. The maximum absolute atomic E-state index is 12.5. The number of aromatic nitrogens is 3. The molecule has 0 N–H and O–H groups in total. The Balaban J connectivity index is 2.32. The summed E-state index contributed by atoms with van der Waals surface area (Å²) in [5.74, 6) is 0.131. The van der Waals surface area contributed by atoms with E-state index >= 15 is 0 Å². The molecular weight excluding hydrogens is 286 g/mol. The average Bonchev–Trinajstić information content (AvgIpc) is 2.69. The van der Waals surface area contributed by atoms with Gasteiger partial charge >= 0.3 is 0 Å². The molecule has 0 amide bonds. The monoisotopic (exact) mass is 301 g/mol. The van der Waals surface area contributed by atoms with Crippen LogP contribution >= 0.6 is 15.9 Å². The van der Waals surface area contributed by atoms with Crippen LogP contribution < -0.4 is 0 Å². The second kappa shape index (κ2) is 4.49. The van der Waals surface area contributed by atoms with Crippen LogP contribution in [0.4, 0.5) is 0 Å². The summed E-state index contributed by atoms with van der Waals surface area (Å²) in [6, 6.07) is 0. The third kappa shape index (κ3) is 2.04. The van der Waals surface area contributed by atoms with Crippen LogP contribution in [0.5, 0.6) is 0 Å². The van der Waals surface area contributed by atoms with Crippen molar-refractivity contribution in [2.24, 2.45) is 18.9 Å². The Morgan fingerprint density at radius 1 is 1.35 bits per heavy atom. The van der Waals surface area contributed by atoms with E-state index in [1.165, 1.54) is 4.68 Å². The Hall–Kier alpha value is -0.750. The number of nitrogens with zero attached hydrogens (tertiary/aromatic N) is 3. The highest BCUT2D eigenvalue weighted by Crippen LogP contribution is 2.35. The predicted octanol–water partition coefficient (Wildman–Crippen LogP) is 1.82. The van der Waals surface area contributed by atoms with Gasteiger partial charge < -0.3 is 4.74 Å². The second-order valence-electron chi connectivity index (χ2n) is 4.65. The van der Waals surface area contributed by atoms with Crippen LogP contribution in [0.25, 0.3) is 0 Å². The minimum atomic E-state index is -0.126.